The highest BCUT2D eigenvalue weighted by molar-refractivity contribution is 7.20. The zero-order valence-electron chi connectivity index (χ0n) is 17.9. The van der Waals surface area contributed by atoms with Crippen LogP contribution in [0.2, 0.25) is 0 Å². The zero-order valence-corrected chi connectivity index (χ0v) is 19.5. The lowest BCUT2D eigenvalue weighted by Gasteiger charge is -2.31. The van der Waals surface area contributed by atoms with E-state index in [0.29, 0.717) is 19.8 Å². The zero-order chi connectivity index (χ0) is 22.4. The summed E-state index contributed by atoms with van der Waals surface area (Å²) in [5.41, 5.74) is 0.955. The van der Waals surface area contributed by atoms with Gasteiger partial charge in [-0.25, -0.2) is 4.98 Å². The van der Waals surface area contributed by atoms with Gasteiger partial charge in [0.2, 0.25) is 0 Å². The molecule has 166 valence electrons. The molecule has 0 bridgehead atoms. The van der Waals surface area contributed by atoms with E-state index in [2.05, 4.69) is 21.7 Å². The molecule has 6 nitrogen and oxygen atoms in total. The molecule has 2 aromatic carbocycles. The maximum atomic E-state index is 13.1. The Bertz CT molecular complexity index is 1490. The second-order valence-electron chi connectivity index (χ2n) is 8.38. The predicted molar refractivity (Wildman–Crippen MR) is 133 cm³/mol. The molecule has 3 aromatic heterocycles. The highest BCUT2D eigenvalue weighted by Gasteiger charge is 2.28. The van der Waals surface area contributed by atoms with Gasteiger partial charge in [-0.2, -0.15) is 0 Å². The van der Waals surface area contributed by atoms with Gasteiger partial charge in [-0.15, -0.1) is 11.3 Å². The Kier molecular flexibility index (Phi) is 5.11. The number of aromatic nitrogens is 3. The van der Waals surface area contributed by atoms with E-state index >= 15 is 0 Å². The fourth-order valence-corrected chi connectivity index (χ4v) is 6.60. The normalized spacial score (nSPS) is 15.0. The summed E-state index contributed by atoms with van der Waals surface area (Å²) in [6.45, 7) is 1.89. The number of piperidine rings is 1. The minimum atomic E-state index is 0.0413. The molecule has 4 heterocycles. The Morgan fingerprint density at radius 1 is 1.00 bits per heavy atom. The SMILES string of the molecule is O=C(c1cc2ccccc2s1)N1CCC(c2nccn2Cn2c(=O)sc3ccccc32)CC1. The molecular formula is C25H22N4O2S2. The third-order valence-electron chi connectivity index (χ3n) is 6.40. The summed E-state index contributed by atoms with van der Waals surface area (Å²) in [6, 6.07) is 18.0. The number of rotatable bonds is 4. The first-order chi connectivity index (χ1) is 16.2. The quantitative estimate of drug-likeness (QED) is 0.368. The Morgan fingerprint density at radius 2 is 1.76 bits per heavy atom. The van der Waals surface area contributed by atoms with Gasteiger partial charge in [-0.05, 0) is 42.5 Å². The van der Waals surface area contributed by atoms with Crippen LogP contribution in [0.15, 0.2) is 71.8 Å². The summed E-state index contributed by atoms with van der Waals surface area (Å²) < 4.78 is 6.03. The van der Waals surface area contributed by atoms with Crippen molar-refractivity contribution in [3.63, 3.8) is 0 Å². The first kappa shape index (κ1) is 20.4. The average molecular weight is 475 g/mol. The van der Waals surface area contributed by atoms with E-state index in [-0.39, 0.29) is 16.7 Å². The van der Waals surface area contributed by atoms with Crippen LogP contribution in [0.5, 0.6) is 0 Å². The Morgan fingerprint density at radius 3 is 2.58 bits per heavy atom. The van der Waals surface area contributed by atoms with Gasteiger partial charge in [0.15, 0.2) is 0 Å². The highest BCUT2D eigenvalue weighted by atomic mass is 32.1. The number of fused-ring (bicyclic) bond motifs is 2. The molecule has 6 rings (SSSR count). The average Bonchev–Trinajstić information content (AvgIpc) is 3.56. The van der Waals surface area contributed by atoms with Crippen LogP contribution >= 0.6 is 22.7 Å². The van der Waals surface area contributed by atoms with Crippen LogP contribution in [0.25, 0.3) is 20.3 Å². The number of para-hydroxylation sites is 1. The van der Waals surface area contributed by atoms with Crippen LogP contribution in [0, 0.1) is 0 Å². The third-order valence-corrected chi connectivity index (χ3v) is 8.46. The van der Waals surface area contributed by atoms with Crippen molar-refractivity contribution in [3.8, 4) is 0 Å². The molecule has 0 spiro atoms. The molecule has 1 aliphatic heterocycles. The van der Waals surface area contributed by atoms with E-state index in [4.69, 9.17) is 0 Å². The van der Waals surface area contributed by atoms with Crippen molar-refractivity contribution >= 4 is 48.9 Å². The molecular weight excluding hydrogens is 452 g/mol. The number of thiophene rings is 1. The van der Waals surface area contributed by atoms with Gasteiger partial charge in [-0.1, -0.05) is 41.7 Å². The Hall–Kier alpha value is -3.23. The maximum absolute atomic E-state index is 13.1. The van der Waals surface area contributed by atoms with Crippen molar-refractivity contribution in [3.05, 3.63) is 87.4 Å². The van der Waals surface area contributed by atoms with Crippen molar-refractivity contribution in [2.75, 3.05) is 13.1 Å². The van der Waals surface area contributed by atoms with Gasteiger partial charge < -0.3 is 9.47 Å². The van der Waals surface area contributed by atoms with Gasteiger partial charge >= 0.3 is 4.87 Å². The number of amides is 1. The highest BCUT2D eigenvalue weighted by Crippen LogP contribution is 2.31. The lowest BCUT2D eigenvalue weighted by molar-refractivity contribution is 0.0715. The van der Waals surface area contributed by atoms with E-state index in [9.17, 15) is 9.59 Å². The number of hydrogen-bond donors (Lipinski definition) is 0. The first-order valence-electron chi connectivity index (χ1n) is 11.0. The minimum Gasteiger partial charge on any atom is -0.338 e. The minimum absolute atomic E-state index is 0.0413. The molecule has 5 aromatic rings. The number of hydrogen-bond acceptors (Lipinski definition) is 5. The standard InChI is InChI=1S/C25H22N4O2S2/c30-24(22-15-18-5-1-3-7-20(18)32-22)27-12-9-17(10-13-27)23-26-11-14-28(23)16-29-19-6-2-4-8-21(19)33-25(29)31/h1-8,11,14-15,17H,9-10,12-13,16H2. The number of thiazole rings is 1. The van der Waals surface area contributed by atoms with Gasteiger partial charge in [0.25, 0.3) is 5.91 Å². The van der Waals surface area contributed by atoms with Crippen molar-refractivity contribution < 1.29 is 4.79 Å². The summed E-state index contributed by atoms with van der Waals surface area (Å²) in [7, 11) is 0. The topological polar surface area (TPSA) is 60.1 Å². The van der Waals surface area contributed by atoms with Gasteiger partial charge in [0, 0.05) is 36.1 Å². The van der Waals surface area contributed by atoms with Crippen LogP contribution in [-0.4, -0.2) is 38.0 Å². The van der Waals surface area contributed by atoms with Crippen molar-refractivity contribution in [2.45, 2.75) is 25.4 Å². The van der Waals surface area contributed by atoms with Crippen molar-refractivity contribution in [1.82, 2.24) is 19.0 Å². The van der Waals surface area contributed by atoms with Crippen molar-refractivity contribution in [2.24, 2.45) is 0 Å². The smallest absolute Gasteiger partial charge is 0.309 e. The summed E-state index contributed by atoms with van der Waals surface area (Å²) in [6.07, 6.45) is 5.49. The number of benzene rings is 2. The van der Waals surface area contributed by atoms with E-state index in [1.54, 1.807) is 11.3 Å². The number of nitrogens with zero attached hydrogens (tertiary/aromatic N) is 4. The first-order valence-corrected chi connectivity index (χ1v) is 12.7. The summed E-state index contributed by atoms with van der Waals surface area (Å²) in [5, 5.41) is 1.12. The van der Waals surface area contributed by atoms with Gasteiger partial charge in [0.1, 0.15) is 12.5 Å². The summed E-state index contributed by atoms with van der Waals surface area (Å²) >= 11 is 2.84. The summed E-state index contributed by atoms with van der Waals surface area (Å²) in [5.74, 6) is 1.38. The number of likely N-dealkylation sites (tertiary alicyclic amines) is 1. The van der Waals surface area contributed by atoms with Crippen LogP contribution in [-0.2, 0) is 6.67 Å². The van der Waals surface area contributed by atoms with E-state index < -0.39 is 0 Å². The fraction of sp³-hybridized carbons (Fsp3) is 0.240. The molecule has 0 saturated carbocycles. The van der Waals surface area contributed by atoms with Crippen LogP contribution < -0.4 is 4.87 Å². The van der Waals surface area contributed by atoms with E-state index in [0.717, 1.165) is 43.8 Å². The van der Waals surface area contributed by atoms with Gasteiger partial charge in [0.05, 0.1) is 15.1 Å². The molecule has 0 N–H and O–H groups in total. The molecule has 0 aliphatic carbocycles. The van der Waals surface area contributed by atoms with E-state index in [1.165, 1.54) is 11.3 Å². The molecule has 0 radical (unpaired) electrons. The molecule has 0 atom stereocenters. The van der Waals surface area contributed by atoms with Crippen LogP contribution in [0.4, 0.5) is 0 Å². The molecule has 0 unspecified atom stereocenters. The summed E-state index contributed by atoms with van der Waals surface area (Å²) in [4.78, 5) is 33.1. The second kappa shape index (κ2) is 8.28. The molecule has 1 saturated heterocycles. The maximum Gasteiger partial charge on any atom is 0.309 e. The van der Waals surface area contributed by atoms with Crippen LogP contribution in [0.1, 0.15) is 34.3 Å². The third kappa shape index (κ3) is 3.69. The number of carbonyl (C=O) groups excluding carboxylic acids is 1. The van der Waals surface area contributed by atoms with Gasteiger partial charge in [-0.3, -0.25) is 14.2 Å². The number of carbonyl (C=O) groups is 1. The Labute approximate surface area is 198 Å². The fourth-order valence-electron chi connectivity index (χ4n) is 4.68. The molecule has 33 heavy (non-hydrogen) atoms. The monoisotopic (exact) mass is 474 g/mol. The van der Waals surface area contributed by atoms with E-state index in [1.807, 2.05) is 64.3 Å². The molecule has 8 heteroatoms. The second-order valence-corrected chi connectivity index (χ2v) is 10.5. The lowest BCUT2D eigenvalue weighted by Crippen LogP contribution is -2.38. The van der Waals surface area contributed by atoms with Crippen molar-refractivity contribution in [1.29, 1.82) is 0 Å². The Balaban J connectivity index is 1.18. The molecule has 1 amide bonds. The number of imidazole rings is 1. The molecule has 1 fully saturated rings. The van der Waals surface area contributed by atoms with Crippen LogP contribution in [0.3, 0.4) is 0 Å². The predicted octanol–water partition coefficient (Wildman–Crippen LogP) is 5.00. The largest absolute Gasteiger partial charge is 0.338 e. The lowest BCUT2D eigenvalue weighted by atomic mass is 9.95. The molecule has 1 aliphatic rings.